The minimum Gasteiger partial charge on any atom is -0.508 e. The van der Waals surface area contributed by atoms with Crippen LogP contribution in [-0.2, 0) is 32.0 Å². The van der Waals surface area contributed by atoms with Crippen molar-refractivity contribution in [3.63, 3.8) is 0 Å². The first-order valence-corrected chi connectivity index (χ1v) is 13.0. The van der Waals surface area contributed by atoms with Gasteiger partial charge < -0.3 is 31.9 Å². The average Bonchev–Trinajstić information content (AvgIpc) is 2.88. The Morgan fingerprint density at radius 3 is 1.84 bits per heavy atom. The van der Waals surface area contributed by atoms with Crippen LogP contribution in [0.4, 0.5) is 0 Å². The molecule has 0 aliphatic carbocycles. The van der Waals surface area contributed by atoms with E-state index in [1.54, 1.807) is 36.4 Å². The fourth-order valence-electron chi connectivity index (χ4n) is 3.74. The number of carboxylic acid groups (broad SMARTS) is 1. The van der Waals surface area contributed by atoms with Crippen LogP contribution in [0, 0.1) is 5.92 Å². The molecule has 2 rings (SSSR count). The fourth-order valence-corrected chi connectivity index (χ4v) is 3.90. The van der Waals surface area contributed by atoms with Crippen LogP contribution >= 0.6 is 12.6 Å². The molecule has 0 radical (unpaired) electrons. The number of rotatable bonds is 14. The SMILES string of the molecule is CC(C)CC(NC(=O)C(N)CS)C(=O)NC(Cc1ccccc1)C(=O)NC(Cc1ccc(O)cc1)C(=O)O. The number of carbonyl (C=O) groups excluding carboxylic acids is 3. The molecule has 2 aromatic rings. The van der Waals surface area contributed by atoms with Gasteiger partial charge in [-0.2, -0.15) is 12.6 Å². The molecular weight excluding hydrogens is 508 g/mol. The molecule has 38 heavy (non-hydrogen) atoms. The number of carboxylic acids is 1. The quantitative estimate of drug-likeness (QED) is 0.174. The predicted molar refractivity (Wildman–Crippen MR) is 147 cm³/mol. The van der Waals surface area contributed by atoms with Crippen molar-refractivity contribution in [1.29, 1.82) is 0 Å². The highest BCUT2D eigenvalue weighted by Gasteiger charge is 2.31. The van der Waals surface area contributed by atoms with E-state index in [0.717, 1.165) is 5.56 Å². The van der Waals surface area contributed by atoms with Crippen LogP contribution in [0.2, 0.25) is 0 Å². The van der Waals surface area contributed by atoms with Gasteiger partial charge in [0, 0.05) is 18.6 Å². The van der Waals surface area contributed by atoms with E-state index in [1.807, 2.05) is 19.9 Å². The highest BCUT2D eigenvalue weighted by atomic mass is 32.1. The zero-order valence-electron chi connectivity index (χ0n) is 21.5. The van der Waals surface area contributed by atoms with E-state index < -0.39 is 47.9 Å². The maximum Gasteiger partial charge on any atom is 0.326 e. The standard InChI is InChI=1S/C27H36N4O6S/c1-16(2)12-21(29-24(33)20(28)15-38)25(34)30-22(13-17-6-4-3-5-7-17)26(35)31-23(27(36)37)14-18-8-10-19(32)11-9-18/h3-11,16,20-23,32,38H,12-15,28H2,1-2H3,(H,29,33)(H,30,34)(H,31,35)(H,36,37). The van der Waals surface area contributed by atoms with Gasteiger partial charge in [-0.15, -0.1) is 0 Å². The lowest BCUT2D eigenvalue weighted by Crippen LogP contribution is -2.58. The number of phenols is 1. The number of thiol groups is 1. The smallest absolute Gasteiger partial charge is 0.326 e. The van der Waals surface area contributed by atoms with Crippen LogP contribution in [-0.4, -0.2) is 63.8 Å². The molecule has 0 fully saturated rings. The molecule has 0 saturated carbocycles. The number of benzene rings is 2. The number of nitrogens with one attached hydrogen (secondary N) is 3. The largest absolute Gasteiger partial charge is 0.508 e. The van der Waals surface area contributed by atoms with E-state index in [-0.39, 0.29) is 30.3 Å². The third-order valence-electron chi connectivity index (χ3n) is 5.78. The van der Waals surface area contributed by atoms with Crippen molar-refractivity contribution in [3.05, 3.63) is 65.7 Å². The second kappa shape index (κ2) is 15.0. The lowest BCUT2D eigenvalue weighted by molar-refractivity contribution is -0.142. The van der Waals surface area contributed by atoms with Crippen LogP contribution in [0.1, 0.15) is 31.4 Å². The summed E-state index contributed by atoms with van der Waals surface area (Å²) in [5.41, 5.74) is 7.09. The van der Waals surface area contributed by atoms with Gasteiger partial charge in [-0.3, -0.25) is 14.4 Å². The second-order valence-corrected chi connectivity index (χ2v) is 9.87. The Morgan fingerprint density at radius 2 is 1.29 bits per heavy atom. The van der Waals surface area contributed by atoms with Crippen molar-refractivity contribution in [2.75, 3.05) is 5.75 Å². The van der Waals surface area contributed by atoms with Crippen LogP contribution in [0.5, 0.6) is 5.75 Å². The van der Waals surface area contributed by atoms with Crippen molar-refractivity contribution in [2.45, 2.75) is 57.3 Å². The molecule has 7 N–H and O–H groups in total. The molecule has 0 aliphatic heterocycles. The number of hydrogen-bond acceptors (Lipinski definition) is 7. The van der Waals surface area contributed by atoms with Crippen LogP contribution in [0.3, 0.4) is 0 Å². The summed E-state index contributed by atoms with van der Waals surface area (Å²) in [5, 5.41) is 27.1. The first-order valence-electron chi connectivity index (χ1n) is 12.3. The number of hydrogen-bond donors (Lipinski definition) is 7. The number of aromatic hydroxyl groups is 1. The normalized spacial score (nSPS) is 14.1. The van der Waals surface area contributed by atoms with Crippen LogP contribution in [0.25, 0.3) is 0 Å². The maximum atomic E-state index is 13.3. The number of aliphatic carboxylic acids is 1. The molecule has 2 aromatic carbocycles. The van der Waals surface area contributed by atoms with Crippen LogP contribution in [0.15, 0.2) is 54.6 Å². The molecule has 206 valence electrons. The summed E-state index contributed by atoms with van der Waals surface area (Å²) in [4.78, 5) is 50.9. The van der Waals surface area contributed by atoms with Gasteiger partial charge in [-0.1, -0.05) is 56.3 Å². The Morgan fingerprint density at radius 1 is 0.789 bits per heavy atom. The lowest BCUT2D eigenvalue weighted by atomic mass is 10.00. The average molecular weight is 545 g/mol. The van der Waals surface area contributed by atoms with Crippen molar-refractivity contribution < 1.29 is 29.4 Å². The molecule has 0 spiro atoms. The van der Waals surface area contributed by atoms with Gasteiger partial charge in [0.05, 0.1) is 6.04 Å². The summed E-state index contributed by atoms with van der Waals surface area (Å²) >= 11 is 4.03. The minimum absolute atomic E-state index is 0.0268. The number of nitrogens with two attached hydrogens (primary N) is 1. The third-order valence-corrected chi connectivity index (χ3v) is 6.17. The number of phenolic OH excluding ortho intramolecular Hbond substituents is 1. The number of carbonyl (C=O) groups is 4. The zero-order chi connectivity index (χ0) is 28.2. The summed E-state index contributed by atoms with van der Waals surface area (Å²) in [6.07, 6.45) is 0.374. The van der Waals surface area contributed by atoms with Gasteiger partial charge in [0.15, 0.2) is 0 Å². The van der Waals surface area contributed by atoms with E-state index >= 15 is 0 Å². The number of amides is 3. The highest BCUT2D eigenvalue weighted by molar-refractivity contribution is 7.80. The predicted octanol–water partition coefficient (Wildman–Crippen LogP) is 1.02. The maximum absolute atomic E-state index is 13.3. The molecule has 3 amide bonds. The molecular formula is C27H36N4O6S. The third kappa shape index (κ3) is 10.1. The van der Waals surface area contributed by atoms with Gasteiger partial charge in [0.25, 0.3) is 0 Å². The molecule has 0 aliphatic rings. The van der Waals surface area contributed by atoms with Gasteiger partial charge in [-0.05, 0) is 35.6 Å². The summed E-state index contributed by atoms with van der Waals surface area (Å²) < 4.78 is 0. The summed E-state index contributed by atoms with van der Waals surface area (Å²) in [6, 6.07) is 10.7. The Bertz CT molecular complexity index is 1080. The van der Waals surface area contributed by atoms with Gasteiger partial charge in [0.2, 0.25) is 17.7 Å². The molecule has 4 unspecified atom stereocenters. The van der Waals surface area contributed by atoms with Crippen molar-refractivity contribution >= 4 is 36.3 Å². The summed E-state index contributed by atoms with van der Waals surface area (Å²) in [6.45, 7) is 3.78. The molecule has 0 bridgehead atoms. The minimum atomic E-state index is -1.28. The monoisotopic (exact) mass is 544 g/mol. The summed E-state index contributed by atoms with van der Waals surface area (Å²) in [5.74, 6) is -2.88. The van der Waals surface area contributed by atoms with Crippen molar-refractivity contribution in [3.8, 4) is 5.75 Å². The van der Waals surface area contributed by atoms with E-state index in [9.17, 15) is 29.4 Å². The molecule has 10 nitrogen and oxygen atoms in total. The summed E-state index contributed by atoms with van der Waals surface area (Å²) in [7, 11) is 0. The van der Waals surface area contributed by atoms with Crippen molar-refractivity contribution in [2.24, 2.45) is 11.7 Å². The van der Waals surface area contributed by atoms with Gasteiger partial charge in [-0.25, -0.2) is 4.79 Å². The second-order valence-electron chi connectivity index (χ2n) is 9.50. The van der Waals surface area contributed by atoms with Crippen molar-refractivity contribution in [1.82, 2.24) is 16.0 Å². The molecule has 11 heteroatoms. The van der Waals surface area contributed by atoms with E-state index in [2.05, 4.69) is 28.6 Å². The fraction of sp³-hybridized carbons (Fsp3) is 0.407. The first kappa shape index (κ1) is 30.7. The first-order chi connectivity index (χ1) is 18.0. The lowest BCUT2D eigenvalue weighted by Gasteiger charge is -2.26. The van der Waals surface area contributed by atoms with E-state index in [4.69, 9.17) is 5.73 Å². The Hall–Kier alpha value is -3.57. The van der Waals surface area contributed by atoms with E-state index in [1.165, 1.54) is 12.1 Å². The Labute approximate surface area is 227 Å². The van der Waals surface area contributed by atoms with Gasteiger partial charge in [0.1, 0.15) is 23.9 Å². The topological polar surface area (TPSA) is 171 Å². The van der Waals surface area contributed by atoms with E-state index in [0.29, 0.717) is 12.0 Å². The zero-order valence-corrected chi connectivity index (χ0v) is 22.4. The van der Waals surface area contributed by atoms with Gasteiger partial charge >= 0.3 is 5.97 Å². The molecule has 0 heterocycles. The molecule has 4 atom stereocenters. The molecule has 0 aromatic heterocycles. The van der Waals surface area contributed by atoms with Crippen LogP contribution < -0.4 is 21.7 Å². The highest BCUT2D eigenvalue weighted by Crippen LogP contribution is 2.13. The molecule has 0 saturated heterocycles. The Balaban J connectivity index is 2.25. The Kier molecular flexibility index (Phi) is 12.1.